The second-order valence-electron chi connectivity index (χ2n) is 5.79. The summed E-state index contributed by atoms with van der Waals surface area (Å²) in [6, 6.07) is 0. The molecule has 0 atom stereocenters. The Morgan fingerprint density at radius 3 is 2.62 bits per heavy atom. The highest BCUT2D eigenvalue weighted by Crippen LogP contribution is 2.22. The van der Waals surface area contributed by atoms with E-state index in [1.54, 1.807) is 0 Å². The summed E-state index contributed by atoms with van der Waals surface area (Å²) in [5.41, 5.74) is 0. The fraction of sp³-hybridized carbons (Fsp3) is 0.812. The van der Waals surface area contributed by atoms with Crippen LogP contribution in [0.25, 0.3) is 0 Å². The molecule has 0 radical (unpaired) electrons. The first-order valence-corrected chi connectivity index (χ1v) is 9.21. The zero-order valence-electron chi connectivity index (χ0n) is 13.8. The molecule has 1 aliphatic rings. The molecule has 0 amide bonds. The fourth-order valence-electron chi connectivity index (χ4n) is 2.93. The van der Waals surface area contributed by atoms with Crippen molar-refractivity contribution in [1.82, 2.24) is 15.2 Å². The number of rotatable bonds is 8. The number of piperidine rings is 1. The lowest BCUT2D eigenvalue weighted by atomic mass is 9.97. The molecule has 2 rings (SSSR count). The van der Waals surface area contributed by atoms with Crippen LogP contribution in [0.3, 0.4) is 0 Å². The molecule has 1 fully saturated rings. The lowest BCUT2D eigenvalue weighted by molar-refractivity contribution is 0.190. The van der Waals surface area contributed by atoms with Gasteiger partial charge < -0.3 is 15.1 Å². The first-order chi connectivity index (χ1) is 10.3. The van der Waals surface area contributed by atoms with E-state index in [4.69, 9.17) is 0 Å². The lowest BCUT2D eigenvalue weighted by Crippen LogP contribution is -2.36. The maximum Gasteiger partial charge on any atom is 0.185 e. The van der Waals surface area contributed by atoms with Gasteiger partial charge in [0.15, 0.2) is 5.13 Å². The van der Waals surface area contributed by atoms with Crippen molar-refractivity contribution in [2.45, 2.75) is 40.2 Å². The smallest absolute Gasteiger partial charge is 0.185 e. The molecule has 0 spiro atoms. The standard InChI is InChI=1S/C16H30N4S/c1-4-19-9-7-14(8-10-19)11-17-12-15-13-18-16(21-15)20(5-2)6-3/h13-14,17H,4-12H2,1-3H3. The van der Waals surface area contributed by atoms with Gasteiger partial charge in [0.2, 0.25) is 0 Å². The molecule has 1 aromatic heterocycles. The van der Waals surface area contributed by atoms with E-state index in [-0.39, 0.29) is 0 Å². The van der Waals surface area contributed by atoms with E-state index in [0.29, 0.717) is 0 Å². The van der Waals surface area contributed by atoms with Crippen LogP contribution in [0, 0.1) is 5.92 Å². The summed E-state index contributed by atoms with van der Waals surface area (Å²) < 4.78 is 0. The van der Waals surface area contributed by atoms with Gasteiger partial charge in [0.1, 0.15) is 0 Å². The molecule has 0 bridgehead atoms. The third-order valence-corrected chi connectivity index (χ3v) is 5.52. The highest BCUT2D eigenvalue weighted by Gasteiger charge is 2.17. The van der Waals surface area contributed by atoms with Crippen molar-refractivity contribution in [3.05, 3.63) is 11.1 Å². The zero-order chi connectivity index (χ0) is 15.1. The van der Waals surface area contributed by atoms with Crippen molar-refractivity contribution < 1.29 is 0 Å². The minimum Gasteiger partial charge on any atom is -0.349 e. The second-order valence-corrected chi connectivity index (χ2v) is 6.88. The van der Waals surface area contributed by atoms with Gasteiger partial charge in [-0.3, -0.25) is 0 Å². The van der Waals surface area contributed by atoms with E-state index in [9.17, 15) is 0 Å². The minimum absolute atomic E-state index is 0.850. The van der Waals surface area contributed by atoms with Gasteiger partial charge in [0, 0.05) is 30.7 Å². The van der Waals surface area contributed by atoms with Crippen LogP contribution in [0.5, 0.6) is 0 Å². The van der Waals surface area contributed by atoms with Gasteiger partial charge in [0.25, 0.3) is 0 Å². The van der Waals surface area contributed by atoms with Gasteiger partial charge in [-0.25, -0.2) is 4.98 Å². The van der Waals surface area contributed by atoms with Crippen molar-refractivity contribution in [3.8, 4) is 0 Å². The third kappa shape index (κ3) is 4.94. The second kappa shape index (κ2) is 8.71. The maximum atomic E-state index is 4.54. The lowest BCUT2D eigenvalue weighted by Gasteiger charge is -2.31. The molecular formula is C16H30N4S. The van der Waals surface area contributed by atoms with E-state index < -0.39 is 0 Å². The molecule has 2 heterocycles. The van der Waals surface area contributed by atoms with Gasteiger partial charge in [0.05, 0.1) is 0 Å². The van der Waals surface area contributed by atoms with Gasteiger partial charge in [-0.1, -0.05) is 6.92 Å². The number of likely N-dealkylation sites (tertiary alicyclic amines) is 1. The molecule has 0 aliphatic carbocycles. The molecule has 0 aromatic carbocycles. The summed E-state index contributed by atoms with van der Waals surface area (Å²) >= 11 is 1.82. The van der Waals surface area contributed by atoms with Crippen LogP contribution in [-0.4, -0.2) is 49.2 Å². The van der Waals surface area contributed by atoms with Crippen molar-refractivity contribution in [3.63, 3.8) is 0 Å². The normalized spacial score (nSPS) is 17.3. The highest BCUT2D eigenvalue weighted by molar-refractivity contribution is 7.15. The van der Waals surface area contributed by atoms with Gasteiger partial charge >= 0.3 is 0 Å². The molecular weight excluding hydrogens is 280 g/mol. The van der Waals surface area contributed by atoms with Crippen molar-refractivity contribution >= 4 is 16.5 Å². The minimum atomic E-state index is 0.850. The highest BCUT2D eigenvalue weighted by atomic mass is 32.1. The monoisotopic (exact) mass is 310 g/mol. The summed E-state index contributed by atoms with van der Waals surface area (Å²) in [4.78, 5) is 10.8. The van der Waals surface area contributed by atoms with Crippen LogP contribution in [0.4, 0.5) is 5.13 Å². The van der Waals surface area contributed by atoms with Crippen LogP contribution in [-0.2, 0) is 6.54 Å². The number of nitrogens with zero attached hydrogens (tertiary/aromatic N) is 3. The summed E-state index contributed by atoms with van der Waals surface area (Å²) in [5.74, 6) is 0.850. The van der Waals surface area contributed by atoms with Crippen molar-refractivity contribution in [1.29, 1.82) is 0 Å². The SMILES string of the molecule is CCN1CCC(CNCc2cnc(N(CC)CC)s2)CC1. The number of thiazole rings is 1. The average molecular weight is 311 g/mol. The number of hydrogen-bond acceptors (Lipinski definition) is 5. The molecule has 5 heteroatoms. The molecule has 0 saturated carbocycles. The van der Waals surface area contributed by atoms with Crippen LogP contribution in [0.2, 0.25) is 0 Å². The van der Waals surface area contributed by atoms with E-state index in [0.717, 1.165) is 37.2 Å². The summed E-state index contributed by atoms with van der Waals surface area (Å²) in [6.07, 6.45) is 4.72. The molecule has 1 saturated heterocycles. The zero-order valence-corrected chi connectivity index (χ0v) is 14.6. The predicted molar refractivity (Wildman–Crippen MR) is 92.2 cm³/mol. The van der Waals surface area contributed by atoms with Crippen molar-refractivity contribution in [2.24, 2.45) is 5.92 Å². The van der Waals surface area contributed by atoms with Crippen molar-refractivity contribution in [2.75, 3.05) is 44.2 Å². The van der Waals surface area contributed by atoms with E-state index in [1.807, 2.05) is 17.5 Å². The summed E-state index contributed by atoms with van der Waals surface area (Å²) in [7, 11) is 0. The number of anilines is 1. The molecule has 21 heavy (non-hydrogen) atoms. The molecule has 1 N–H and O–H groups in total. The Kier molecular flexibility index (Phi) is 6.93. The van der Waals surface area contributed by atoms with Crippen LogP contribution >= 0.6 is 11.3 Å². The first-order valence-electron chi connectivity index (χ1n) is 8.39. The Balaban J connectivity index is 1.69. The molecule has 0 unspecified atom stereocenters. The largest absolute Gasteiger partial charge is 0.349 e. The van der Waals surface area contributed by atoms with E-state index in [1.165, 1.54) is 37.4 Å². The quantitative estimate of drug-likeness (QED) is 0.800. The number of hydrogen-bond donors (Lipinski definition) is 1. The van der Waals surface area contributed by atoms with Gasteiger partial charge in [-0.2, -0.15) is 0 Å². The Hall–Kier alpha value is -0.650. The van der Waals surface area contributed by atoms with E-state index in [2.05, 4.69) is 40.9 Å². The third-order valence-electron chi connectivity index (χ3n) is 4.46. The van der Waals surface area contributed by atoms with E-state index >= 15 is 0 Å². The Morgan fingerprint density at radius 1 is 1.29 bits per heavy atom. The van der Waals surface area contributed by atoms with Crippen LogP contribution in [0.15, 0.2) is 6.20 Å². The molecule has 1 aliphatic heterocycles. The Bertz CT molecular complexity index is 395. The predicted octanol–water partition coefficient (Wildman–Crippen LogP) is 2.81. The van der Waals surface area contributed by atoms with Crippen LogP contribution in [0.1, 0.15) is 38.5 Å². The first kappa shape index (κ1) is 16.7. The van der Waals surface area contributed by atoms with Gasteiger partial charge in [-0.15, -0.1) is 11.3 Å². The fourth-order valence-corrected chi connectivity index (χ4v) is 3.93. The van der Waals surface area contributed by atoms with Gasteiger partial charge in [-0.05, 0) is 58.8 Å². The molecule has 1 aromatic rings. The summed E-state index contributed by atoms with van der Waals surface area (Å²) in [6.45, 7) is 14.6. The molecule has 120 valence electrons. The number of aromatic nitrogens is 1. The Morgan fingerprint density at radius 2 is 2.00 bits per heavy atom. The average Bonchev–Trinajstić information content (AvgIpc) is 2.98. The topological polar surface area (TPSA) is 31.4 Å². The van der Waals surface area contributed by atoms with Crippen LogP contribution < -0.4 is 10.2 Å². The Labute approximate surface area is 133 Å². The molecule has 4 nitrogen and oxygen atoms in total. The maximum absolute atomic E-state index is 4.54. The summed E-state index contributed by atoms with van der Waals surface area (Å²) in [5, 5.41) is 4.79. The number of nitrogens with one attached hydrogen (secondary N) is 1.